The number of hydrogen-bond donors (Lipinski definition) is 4. The Morgan fingerprint density at radius 2 is 1.30 bits per heavy atom. The van der Waals surface area contributed by atoms with Crippen molar-refractivity contribution in [3.8, 4) is 11.1 Å². The van der Waals surface area contributed by atoms with E-state index in [9.17, 15) is 19.2 Å². The first-order valence-corrected chi connectivity index (χ1v) is 22.5. The summed E-state index contributed by atoms with van der Waals surface area (Å²) in [6.07, 6.45) is 1.10. The number of likely N-dealkylation sites (tertiary alicyclic amines) is 2. The number of ether oxygens (including phenoxy) is 3. The Balaban J connectivity index is 0.927. The topological polar surface area (TPSA) is 184 Å². The summed E-state index contributed by atoms with van der Waals surface area (Å²) in [6, 6.07) is 28.1. The Bertz CT molecular complexity index is 3030. The maximum absolute atomic E-state index is 14.4. The first-order valence-electron chi connectivity index (χ1n) is 22.5. The number of piperidine rings is 1. The minimum atomic E-state index is -0.944. The van der Waals surface area contributed by atoms with Crippen molar-refractivity contribution in [3.63, 3.8) is 0 Å². The summed E-state index contributed by atoms with van der Waals surface area (Å²) in [6.45, 7) is 6.76. The molecule has 0 radical (unpaired) electrons. The van der Waals surface area contributed by atoms with Crippen LogP contribution >= 0.6 is 0 Å². The van der Waals surface area contributed by atoms with Crippen LogP contribution in [-0.2, 0) is 23.8 Å². The van der Waals surface area contributed by atoms with E-state index in [1.807, 2.05) is 68.1 Å². The Hall–Kier alpha value is -7.00. The Kier molecular flexibility index (Phi) is 10.9. The van der Waals surface area contributed by atoms with Crippen LogP contribution in [0.1, 0.15) is 75.4 Å². The van der Waals surface area contributed by atoms with Crippen LogP contribution in [-0.4, -0.2) is 100 Å². The van der Waals surface area contributed by atoms with Crippen molar-refractivity contribution in [1.82, 2.24) is 40.4 Å². The van der Waals surface area contributed by atoms with Gasteiger partial charge < -0.3 is 44.6 Å². The Morgan fingerprint density at radius 1 is 0.712 bits per heavy atom. The highest BCUT2D eigenvalue weighted by Gasteiger charge is 2.57. The number of benzene rings is 5. The Labute approximate surface area is 381 Å². The van der Waals surface area contributed by atoms with Gasteiger partial charge >= 0.3 is 12.2 Å². The fourth-order valence-corrected chi connectivity index (χ4v) is 10.4. The molecule has 1 unspecified atom stereocenters. The molecule has 10 rings (SSSR count). The van der Waals surface area contributed by atoms with Crippen molar-refractivity contribution in [2.24, 2.45) is 17.3 Å². The van der Waals surface area contributed by atoms with Gasteiger partial charge in [-0.25, -0.2) is 19.6 Å². The number of aromatic amines is 2. The van der Waals surface area contributed by atoms with E-state index in [1.165, 1.54) is 14.2 Å². The molecule has 1 saturated carbocycles. The molecule has 0 bridgehead atoms. The number of alkyl carbamates (subject to hydrolysis) is 2. The van der Waals surface area contributed by atoms with Crippen molar-refractivity contribution >= 4 is 67.6 Å². The zero-order valence-electron chi connectivity index (χ0n) is 37.9. The minimum Gasteiger partial charge on any atom is -0.453 e. The molecule has 15 heteroatoms. The number of fused-ring (bicyclic) bond motifs is 7. The molecule has 3 aliphatic rings. The third-order valence-electron chi connectivity index (χ3n) is 13.8. The summed E-state index contributed by atoms with van der Waals surface area (Å²) >= 11 is 0. The van der Waals surface area contributed by atoms with Crippen molar-refractivity contribution in [2.75, 3.05) is 34.5 Å². The van der Waals surface area contributed by atoms with Gasteiger partial charge in [0.1, 0.15) is 23.7 Å². The molecule has 2 saturated heterocycles. The zero-order valence-corrected chi connectivity index (χ0v) is 37.9. The number of carbonyl (C=O) groups is 4. The molecule has 2 aromatic heterocycles. The highest BCUT2D eigenvalue weighted by Crippen LogP contribution is 2.54. The number of methoxy groups -OCH3 is 3. The highest BCUT2D eigenvalue weighted by molar-refractivity contribution is 6.07. The fraction of sp³-hybridized carbons (Fsp3) is 0.373. The number of aromatic nitrogens is 4. The second-order valence-corrected chi connectivity index (χ2v) is 19.1. The maximum Gasteiger partial charge on any atom is 0.407 e. The molecule has 4 amide bonds. The lowest BCUT2D eigenvalue weighted by Crippen LogP contribution is -2.55. The van der Waals surface area contributed by atoms with Crippen molar-refractivity contribution in [2.45, 2.75) is 70.2 Å². The van der Waals surface area contributed by atoms with E-state index in [4.69, 9.17) is 24.2 Å². The van der Waals surface area contributed by atoms with Crippen LogP contribution in [0.3, 0.4) is 0 Å². The van der Waals surface area contributed by atoms with Gasteiger partial charge in [0.15, 0.2) is 0 Å². The summed E-state index contributed by atoms with van der Waals surface area (Å²) in [5.74, 6) is 1.55. The average Bonchev–Trinajstić information content (AvgIpc) is 3.75. The van der Waals surface area contributed by atoms with E-state index in [2.05, 4.69) is 69.1 Å². The summed E-state index contributed by atoms with van der Waals surface area (Å²) in [7, 11) is 4.25. The van der Waals surface area contributed by atoms with Crippen LogP contribution < -0.4 is 10.6 Å². The predicted molar refractivity (Wildman–Crippen MR) is 250 cm³/mol. The molecule has 3 fully saturated rings. The monoisotopic (exact) mass is 890 g/mol. The van der Waals surface area contributed by atoms with Crippen LogP contribution in [0.15, 0.2) is 91.0 Å². The number of amides is 4. The number of rotatable bonds is 10. The number of imidazole rings is 2. The van der Waals surface area contributed by atoms with Crippen molar-refractivity contribution in [3.05, 3.63) is 108 Å². The first kappa shape index (κ1) is 42.9. The lowest BCUT2D eigenvalue weighted by molar-refractivity contribution is -0.138. The third-order valence-corrected chi connectivity index (χ3v) is 13.8. The molecule has 4 heterocycles. The molecular weight excluding hydrogens is 837 g/mol. The summed E-state index contributed by atoms with van der Waals surface area (Å²) in [5.41, 5.74) is 5.68. The molecule has 340 valence electrons. The van der Waals surface area contributed by atoms with E-state index in [0.717, 1.165) is 73.4 Å². The molecule has 15 nitrogen and oxygen atoms in total. The van der Waals surface area contributed by atoms with Crippen LogP contribution in [0, 0.1) is 17.3 Å². The maximum atomic E-state index is 14.4. The first-order chi connectivity index (χ1) is 31.8. The fourth-order valence-electron chi connectivity index (χ4n) is 10.4. The van der Waals surface area contributed by atoms with Crippen molar-refractivity contribution < 1.29 is 33.4 Å². The molecule has 7 atom stereocenters. The highest BCUT2D eigenvalue weighted by atomic mass is 16.5. The molecular formula is C51H54N8O7. The quantitative estimate of drug-likeness (QED) is 0.105. The molecule has 5 aromatic carbocycles. The van der Waals surface area contributed by atoms with Gasteiger partial charge in [0.05, 0.1) is 55.0 Å². The van der Waals surface area contributed by atoms with Crippen LogP contribution in [0.5, 0.6) is 0 Å². The zero-order chi connectivity index (χ0) is 46.0. The van der Waals surface area contributed by atoms with Gasteiger partial charge in [-0.1, -0.05) is 87.5 Å². The van der Waals surface area contributed by atoms with E-state index >= 15 is 0 Å². The number of H-pyrrole nitrogens is 2. The van der Waals surface area contributed by atoms with Crippen LogP contribution in [0.2, 0.25) is 0 Å². The smallest absolute Gasteiger partial charge is 0.407 e. The van der Waals surface area contributed by atoms with Gasteiger partial charge in [-0.3, -0.25) is 9.59 Å². The summed E-state index contributed by atoms with van der Waals surface area (Å²) in [5, 5.41) is 9.69. The van der Waals surface area contributed by atoms with Crippen LogP contribution in [0.4, 0.5) is 9.59 Å². The Morgan fingerprint density at radius 3 is 1.88 bits per heavy atom. The molecule has 4 N–H and O–H groups in total. The minimum absolute atomic E-state index is 0.0721. The largest absolute Gasteiger partial charge is 0.453 e. The molecule has 1 aliphatic carbocycles. The van der Waals surface area contributed by atoms with E-state index in [-0.39, 0.29) is 35.9 Å². The number of carbonyl (C=O) groups excluding carboxylic acids is 4. The second-order valence-electron chi connectivity index (χ2n) is 19.1. The van der Waals surface area contributed by atoms with Gasteiger partial charge in [-0.15, -0.1) is 0 Å². The second kappa shape index (κ2) is 16.8. The lowest BCUT2D eigenvalue weighted by Gasteiger charge is -2.36. The van der Waals surface area contributed by atoms with Gasteiger partial charge in [-0.2, -0.15) is 0 Å². The van der Waals surface area contributed by atoms with Crippen molar-refractivity contribution in [1.29, 1.82) is 0 Å². The standard InChI is InChI=1S/C51H54N8O7/c1-51(2,3)44(57-50(63)66-6)48(61)59-38-23-33(38)24-40(59)46-53-37-19-15-32-22-30(13-17-35(32)43(37)55-46)29-12-16-34-31(21-29)14-18-36-42(34)54-45(52-36)39-20-27(26-64-4)25-58(39)47(60)41(56-49(62)65-5)28-10-8-7-9-11-28/h7-19,21-22,27,33,38-41,44H,20,23-26H2,1-6H3,(H,52,54)(H,53,55)(H,56,62)(H,57,63)/t27-,33+,38+,39-,40-,41+,44?/m0/s1. The SMILES string of the molecule is COC[C@H]1C[C@@H](c2nc3ccc4cc(-c5ccc6c(ccc7nc([C@@H]8C[C@H]9C[C@H]9N8C(=O)C(NC(=O)OC)C(C)(C)C)[nH]c76)c5)ccc4c3[nH]2)N(C(=O)[C@H](NC(=O)OC)c2ccccc2)C1. The normalized spacial score (nSPS) is 21.3. The number of hydrogen-bond acceptors (Lipinski definition) is 9. The number of nitrogens with one attached hydrogen (secondary N) is 4. The average molecular weight is 891 g/mol. The molecule has 7 aromatic rings. The predicted octanol–water partition coefficient (Wildman–Crippen LogP) is 8.48. The van der Waals surface area contributed by atoms with E-state index < -0.39 is 29.7 Å². The van der Waals surface area contributed by atoms with E-state index in [0.29, 0.717) is 36.9 Å². The van der Waals surface area contributed by atoms with Gasteiger partial charge in [0.2, 0.25) is 5.91 Å². The van der Waals surface area contributed by atoms with Gasteiger partial charge in [0.25, 0.3) is 5.91 Å². The lowest BCUT2D eigenvalue weighted by atomic mass is 9.85. The van der Waals surface area contributed by atoms with Gasteiger partial charge in [-0.05, 0) is 82.3 Å². The molecule has 66 heavy (non-hydrogen) atoms. The third kappa shape index (κ3) is 7.74. The summed E-state index contributed by atoms with van der Waals surface area (Å²) < 4.78 is 15.3. The van der Waals surface area contributed by atoms with Gasteiger partial charge in [0, 0.05) is 36.4 Å². The van der Waals surface area contributed by atoms with Crippen LogP contribution in [0.25, 0.3) is 54.7 Å². The molecule has 2 aliphatic heterocycles. The summed E-state index contributed by atoms with van der Waals surface area (Å²) in [4.78, 5) is 74.5. The molecule has 0 spiro atoms. The number of nitrogens with zero attached hydrogens (tertiary/aromatic N) is 4. The van der Waals surface area contributed by atoms with E-state index in [1.54, 1.807) is 12.0 Å².